The maximum Gasteiger partial charge on any atom is 0.193 e. The van der Waals surface area contributed by atoms with Gasteiger partial charge in [-0.05, 0) is 35.9 Å². The second-order valence-electron chi connectivity index (χ2n) is 5.83. The Kier molecular flexibility index (Phi) is 5.92. The van der Waals surface area contributed by atoms with Crippen LogP contribution in [0, 0.1) is 0 Å². The summed E-state index contributed by atoms with van der Waals surface area (Å²) in [5.74, 6) is -0.659. The highest BCUT2D eigenvalue weighted by Crippen LogP contribution is 2.28. The maximum absolute atomic E-state index is 12.8. The number of carbonyl (C=O) groups excluding carboxylic acids is 1. The lowest BCUT2D eigenvalue weighted by Crippen LogP contribution is -2.11. The zero-order valence-corrected chi connectivity index (χ0v) is 16.9. The molecule has 0 aliphatic rings. The van der Waals surface area contributed by atoms with Gasteiger partial charge in [-0.3, -0.25) is 4.79 Å². The molecular formula is C20H13Cl3O3S. The molecule has 0 saturated heterocycles. The van der Waals surface area contributed by atoms with E-state index in [0.717, 1.165) is 0 Å². The molecule has 0 fully saturated rings. The van der Waals surface area contributed by atoms with Crippen molar-refractivity contribution < 1.29 is 13.2 Å². The summed E-state index contributed by atoms with van der Waals surface area (Å²) in [4.78, 5) is 12.9. The Balaban J connectivity index is 2.02. The Morgan fingerprint density at radius 1 is 0.815 bits per heavy atom. The number of benzene rings is 3. The van der Waals surface area contributed by atoms with E-state index in [-0.39, 0.29) is 32.0 Å². The Morgan fingerprint density at radius 3 is 2.19 bits per heavy atom. The molecule has 0 heterocycles. The summed E-state index contributed by atoms with van der Waals surface area (Å²) in [6.45, 7) is 0. The molecule has 0 atom stereocenters. The number of hydrogen-bond donors (Lipinski definition) is 0. The monoisotopic (exact) mass is 438 g/mol. The Morgan fingerprint density at radius 2 is 1.52 bits per heavy atom. The van der Waals surface area contributed by atoms with Gasteiger partial charge in [0.2, 0.25) is 0 Å². The van der Waals surface area contributed by atoms with Crippen molar-refractivity contribution in [1.29, 1.82) is 0 Å². The molecule has 0 amide bonds. The lowest BCUT2D eigenvalue weighted by Gasteiger charge is -2.11. The second-order valence-corrected chi connectivity index (χ2v) is 9.07. The molecule has 0 N–H and O–H groups in total. The highest BCUT2D eigenvalue weighted by Gasteiger charge is 2.22. The number of rotatable bonds is 5. The molecular weight excluding hydrogens is 427 g/mol. The molecule has 3 aromatic rings. The molecule has 0 saturated carbocycles. The smallest absolute Gasteiger partial charge is 0.193 e. The van der Waals surface area contributed by atoms with Gasteiger partial charge in [0.1, 0.15) is 0 Å². The predicted octanol–water partition coefficient (Wildman–Crippen LogP) is 5.85. The molecule has 0 unspecified atom stereocenters. The molecule has 27 heavy (non-hydrogen) atoms. The highest BCUT2D eigenvalue weighted by molar-refractivity contribution is 7.90. The minimum absolute atomic E-state index is 0.0324. The lowest BCUT2D eigenvalue weighted by molar-refractivity contribution is 0.103. The number of sulfone groups is 1. The molecule has 7 heteroatoms. The largest absolute Gasteiger partial charge is 0.289 e. The van der Waals surface area contributed by atoms with E-state index < -0.39 is 9.84 Å². The summed E-state index contributed by atoms with van der Waals surface area (Å²) in [7, 11) is -3.74. The lowest BCUT2D eigenvalue weighted by atomic mass is 9.99. The molecule has 3 nitrogen and oxygen atoms in total. The van der Waals surface area contributed by atoms with E-state index in [1.54, 1.807) is 42.5 Å². The van der Waals surface area contributed by atoms with Crippen LogP contribution in [0.2, 0.25) is 15.1 Å². The van der Waals surface area contributed by atoms with Crippen LogP contribution in [0.3, 0.4) is 0 Å². The van der Waals surface area contributed by atoms with Gasteiger partial charge in [-0.2, -0.15) is 0 Å². The SMILES string of the molecule is O=C(c1ccccc1)c1cc(Cl)ccc1CS(=O)(=O)c1ccc(Cl)c(Cl)c1. The van der Waals surface area contributed by atoms with Gasteiger partial charge in [0.05, 0.1) is 20.7 Å². The van der Waals surface area contributed by atoms with Crippen molar-refractivity contribution in [2.75, 3.05) is 0 Å². The summed E-state index contributed by atoms with van der Waals surface area (Å²) < 4.78 is 25.6. The van der Waals surface area contributed by atoms with Crippen LogP contribution in [0.25, 0.3) is 0 Å². The standard InChI is InChI=1S/C20H13Cl3O3S/c21-15-7-6-14(17(10-15)20(24)13-4-2-1-3-5-13)12-27(25,26)16-8-9-18(22)19(23)11-16/h1-11H,12H2. The fourth-order valence-electron chi connectivity index (χ4n) is 2.59. The van der Waals surface area contributed by atoms with Crippen molar-refractivity contribution in [3.63, 3.8) is 0 Å². The quantitative estimate of drug-likeness (QED) is 0.468. The van der Waals surface area contributed by atoms with Crippen LogP contribution in [0.1, 0.15) is 21.5 Å². The van der Waals surface area contributed by atoms with Crippen LogP contribution >= 0.6 is 34.8 Å². The summed E-state index contributed by atoms with van der Waals surface area (Å²) in [6, 6.07) is 17.3. The summed E-state index contributed by atoms with van der Waals surface area (Å²) in [5, 5.41) is 0.765. The Hall–Kier alpha value is -1.85. The minimum Gasteiger partial charge on any atom is -0.289 e. The summed E-state index contributed by atoms with van der Waals surface area (Å²) in [6.07, 6.45) is 0. The zero-order chi connectivity index (χ0) is 19.6. The minimum atomic E-state index is -3.74. The molecule has 0 bridgehead atoms. The van der Waals surface area contributed by atoms with Gasteiger partial charge in [0.15, 0.2) is 15.6 Å². The van der Waals surface area contributed by atoms with Gasteiger partial charge in [0.25, 0.3) is 0 Å². The van der Waals surface area contributed by atoms with E-state index in [1.807, 2.05) is 0 Å². The number of hydrogen-bond acceptors (Lipinski definition) is 3. The van der Waals surface area contributed by atoms with Crippen LogP contribution in [0.5, 0.6) is 0 Å². The number of ketones is 1. The molecule has 3 aromatic carbocycles. The summed E-state index contributed by atoms with van der Waals surface area (Å²) in [5.41, 5.74) is 1.06. The van der Waals surface area contributed by atoms with Gasteiger partial charge in [-0.25, -0.2) is 8.42 Å². The Bertz CT molecular complexity index is 1110. The molecule has 3 rings (SSSR count). The molecule has 0 aliphatic heterocycles. The van der Waals surface area contributed by atoms with Crippen LogP contribution in [-0.2, 0) is 15.6 Å². The van der Waals surface area contributed by atoms with Crippen LogP contribution in [-0.4, -0.2) is 14.2 Å². The van der Waals surface area contributed by atoms with Gasteiger partial charge in [-0.1, -0.05) is 71.2 Å². The average molecular weight is 440 g/mol. The van der Waals surface area contributed by atoms with Crippen molar-refractivity contribution in [3.05, 3.63) is 98.5 Å². The average Bonchev–Trinajstić information content (AvgIpc) is 2.65. The molecule has 0 aliphatic carbocycles. The third kappa shape index (κ3) is 4.53. The highest BCUT2D eigenvalue weighted by atomic mass is 35.5. The van der Waals surface area contributed by atoms with Crippen molar-refractivity contribution in [2.24, 2.45) is 0 Å². The predicted molar refractivity (Wildman–Crippen MR) is 109 cm³/mol. The fourth-order valence-corrected chi connectivity index (χ4v) is 4.52. The normalized spacial score (nSPS) is 11.4. The first kappa shape index (κ1) is 19.9. The van der Waals surface area contributed by atoms with Gasteiger partial charge < -0.3 is 0 Å². The van der Waals surface area contributed by atoms with Gasteiger partial charge in [0, 0.05) is 16.1 Å². The van der Waals surface area contributed by atoms with Crippen LogP contribution in [0.15, 0.2) is 71.6 Å². The maximum atomic E-state index is 12.8. The van der Waals surface area contributed by atoms with Crippen molar-refractivity contribution in [1.82, 2.24) is 0 Å². The van der Waals surface area contributed by atoms with E-state index >= 15 is 0 Å². The molecule has 0 aromatic heterocycles. The van der Waals surface area contributed by atoms with Crippen LogP contribution < -0.4 is 0 Å². The van der Waals surface area contributed by atoms with Crippen molar-refractivity contribution in [2.45, 2.75) is 10.6 Å². The first-order valence-electron chi connectivity index (χ1n) is 7.84. The molecule has 0 spiro atoms. The van der Waals surface area contributed by atoms with E-state index in [0.29, 0.717) is 16.1 Å². The van der Waals surface area contributed by atoms with E-state index in [2.05, 4.69) is 0 Å². The van der Waals surface area contributed by atoms with Crippen molar-refractivity contribution >= 4 is 50.4 Å². The number of halogens is 3. The first-order valence-corrected chi connectivity index (χ1v) is 10.6. The second kappa shape index (κ2) is 8.03. The summed E-state index contributed by atoms with van der Waals surface area (Å²) >= 11 is 17.8. The van der Waals surface area contributed by atoms with Crippen molar-refractivity contribution in [3.8, 4) is 0 Å². The van der Waals surface area contributed by atoms with Gasteiger partial charge >= 0.3 is 0 Å². The fraction of sp³-hybridized carbons (Fsp3) is 0.0500. The van der Waals surface area contributed by atoms with E-state index in [1.165, 1.54) is 24.3 Å². The van der Waals surface area contributed by atoms with E-state index in [9.17, 15) is 13.2 Å². The third-order valence-corrected chi connectivity index (χ3v) is 6.59. The van der Waals surface area contributed by atoms with E-state index in [4.69, 9.17) is 34.8 Å². The third-order valence-electron chi connectivity index (χ3n) is 3.95. The first-order chi connectivity index (χ1) is 12.8. The van der Waals surface area contributed by atoms with Crippen LogP contribution in [0.4, 0.5) is 0 Å². The molecule has 138 valence electrons. The van der Waals surface area contributed by atoms with Gasteiger partial charge in [-0.15, -0.1) is 0 Å². The topological polar surface area (TPSA) is 51.2 Å². The molecule has 0 radical (unpaired) electrons. The zero-order valence-electron chi connectivity index (χ0n) is 13.8. The Labute approximate surface area is 172 Å². The number of carbonyl (C=O) groups is 1.